The highest BCUT2D eigenvalue weighted by Crippen LogP contribution is 2.30. The van der Waals surface area contributed by atoms with Gasteiger partial charge in [-0.05, 0) is 37.1 Å². The monoisotopic (exact) mass is 326 g/mol. The molecule has 6 nitrogen and oxygen atoms in total. The quantitative estimate of drug-likeness (QED) is 0.865. The lowest BCUT2D eigenvalue weighted by Gasteiger charge is -2.35. The van der Waals surface area contributed by atoms with Crippen molar-refractivity contribution in [3.8, 4) is 5.75 Å². The van der Waals surface area contributed by atoms with E-state index in [2.05, 4.69) is 10.0 Å². The van der Waals surface area contributed by atoms with Crippen LogP contribution in [-0.2, 0) is 14.8 Å². The summed E-state index contributed by atoms with van der Waals surface area (Å²) in [6.45, 7) is 0. The molecule has 2 rings (SSSR count). The highest BCUT2D eigenvalue weighted by atomic mass is 32.2. The number of carbonyl (C=O) groups is 1. The lowest BCUT2D eigenvalue weighted by Crippen LogP contribution is -2.57. The molecular weight excluding hydrogens is 304 g/mol. The van der Waals surface area contributed by atoms with E-state index in [1.807, 2.05) is 0 Å². The van der Waals surface area contributed by atoms with Crippen LogP contribution in [0.5, 0.6) is 5.75 Å². The van der Waals surface area contributed by atoms with Crippen molar-refractivity contribution in [1.82, 2.24) is 4.72 Å². The summed E-state index contributed by atoms with van der Waals surface area (Å²) in [5, 5.41) is 2.80. The van der Waals surface area contributed by atoms with E-state index in [1.165, 1.54) is 0 Å². The minimum atomic E-state index is -3.46. The van der Waals surface area contributed by atoms with Gasteiger partial charge in [0.2, 0.25) is 15.9 Å². The summed E-state index contributed by atoms with van der Waals surface area (Å²) in [5.74, 6) is 0.391. The van der Waals surface area contributed by atoms with E-state index in [0.717, 1.165) is 25.5 Å². The molecule has 1 aromatic rings. The predicted octanol–water partition coefficient (Wildman–Crippen LogP) is 1.89. The molecule has 0 aromatic heterocycles. The van der Waals surface area contributed by atoms with Crippen molar-refractivity contribution in [2.75, 3.05) is 18.7 Å². The summed E-state index contributed by atoms with van der Waals surface area (Å²) in [6.07, 6.45) is 4.80. The van der Waals surface area contributed by atoms with Crippen molar-refractivity contribution in [1.29, 1.82) is 0 Å². The van der Waals surface area contributed by atoms with E-state index < -0.39 is 15.6 Å². The third kappa shape index (κ3) is 4.20. The first-order valence-corrected chi connectivity index (χ1v) is 9.18. The summed E-state index contributed by atoms with van der Waals surface area (Å²) in [7, 11) is -1.89. The molecule has 0 saturated heterocycles. The number of carbonyl (C=O) groups excluding carboxylic acids is 1. The first-order chi connectivity index (χ1) is 10.3. The SMILES string of the molecule is COc1ccc(NC(=O)C2(NS(C)(=O)=O)CCCCC2)cc1. The number of benzene rings is 1. The fourth-order valence-corrected chi connectivity index (χ4v) is 3.82. The normalized spacial score (nSPS) is 17.7. The Labute approximate surface area is 131 Å². The van der Waals surface area contributed by atoms with Crippen molar-refractivity contribution in [3.63, 3.8) is 0 Å². The van der Waals surface area contributed by atoms with Crippen LogP contribution in [0, 0.1) is 0 Å². The second-order valence-corrected chi connectivity index (χ2v) is 7.45. The van der Waals surface area contributed by atoms with Crippen molar-refractivity contribution >= 4 is 21.6 Å². The van der Waals surface area contributed by atoms with Crippen LogP contribution in [0.1, 0.15) is 32.1 Å². The number of nitrogens with one attached hydrogen (secondary N) is 2. The molecular formula is C15H22N2O4S. The molecule has 1 saturated carbocycles. The summed E-state index contributed by atoms with van der Waals surface area (Å²) >= 11 is 0. The molecule has 1 aliphatic rings. The van der Waals surface area contributed by atoms with Gasteiger partial charge < -0.3 is 10.1 Å². The maximum atomic E-state index is 12.7. The number of sulfonamides is 1. The van der Waals surface area contributed by atoms with Gasteiger partial charge in [0.05, 0.1) is 13.4 Å². The van der Waals surface area contributed by atoms with E-state index in [0.29, 0.717) is 24.3 Å². The molecule has 1 aliphatic carbocycles. The number of hydrogen-bond acceptors (Lipinski definition) is 4. The van der Waals surface area contributed by atoms with Crippen LogP contribution in [0.15, 0.2) is 24.3 Å². The number of anilines is 1. The van der Waals surface area contributed by atoms with Crippen molar-refractivity contribution in [2.24, 2.45) is 0 Å². The number of amides is 1. The van der Waals surface area contributed by atoms with E-state index in [1.54, 1.807) is 31.4 Å². The van der Waals surface area contributed by atoms with Gasteiger partial charge in [-0.1, -0.05) is 19.3 Å². The minimum Gasteiger partial charge on any atom is -0.497 e. The Kier molecular flexibility index (Phi) is 5.08. The van der Waals surface area contributed by atoms with Gasteiger partial charge in [-0.3, -0.25) is 4.79 Å². The van der Waals surface area contributed by atoms with Crippen LogP contribution in [0.4, 0.5) is 5.69 Å². The number of hydrogen-bond donors (Lipinski definition) is 2. The fraction of sp³-hybridized carbons (Fsp3) is 0.533. The number of methoxy groups -OCH3 is 1. The molecule has 0 heterocycles. The molecule has 0 atom stereocenters. The minimum absolute atomic E-state index is 0.303. The van der Waals surface area contributed by atoms with Gasteiger partial charge in [-0.15, -0.1) is 0 Å². The Balaban J connectivity index is 2.17. The molecule has 1 fully saturated rings. The molecule has 0 unspecified atom stereocenters. The fourth-order valence-electron chi connectivity index (χ4n) is 2.81. The molecule has 7 heteroatoms. The van der Waals surface area contributed by atoms with Gasteiger partial charge in [0.15, 0.2) is 0 Å². The molecule has 1 aromatic carbocycles. The third-order valence-corrected chi connectivity index (χ3v) is 4.63. The Morgan fingerprint density at radius 3 is 2.23 bits per heavy atom. The highest BCUT2D eigenvalue weighted by molar-refractivity contribution is 7.88. The molecule has 2 N–H and O–H groups in total. The lowest BCUT2D eigenvalue weighted by atomic mass is 9.82. The lowest BCUT2D eigenvalue weighted by molar-refractivity contribution is -0.122. The zero-order valence-electron chi connectivity index (χ0n) is 12.9. The Morgan fingerprint density at radius 2 is 1.73 bits per heavy atom. The molecule has 122 valence electrons. The maximum Gasteiger partial charge on any atom is 0.245 e. The van der Waals surface area contributed by atoms with Gasteiger partial charge >= 0.3 is 0 Å². The van der Waals surface area contributed by atoms with Gasteiger partial charge in [0, 0.05) is 5.69 Å². The van der Waals surface area contributed by atoms with Gasteiger partial charge in [-0.25, -0.2) is 8.42 Å². The Morgan fingerprint density at radius 1 is 1.14 bits per heavy atom. The molecule has 0 bridgehead atoms. The molecule has 1 amide bonds. The Bertz CT molecular complexity index is 619. The summed E-state index contributed by atoms with van der Waals surface area (Å²) < 4.78 is 30.9. The third-order valence-electron chi connectivity index (χ3n) is 3.87. The average Bonchev–Trinajstić information content (AvgIpc) is 2.47. The van der Waals surface area contributed by atoms with Gasteiger partial charge in [0.25, 0.3) is 0 Å². The second kappa shape index (κ2) is 6.66. The summed E-state index contributed by atoms with van der Waals surface area (Å²) in [6, 6.07) is 6.95. The number of rotatable bonds is 5. The van der Waals surface area contributed by atoms with E-state index in [4.69, 9.17) is 4.74 Å². The smallest absolute Gasteiger partial charge is 0.245 e. The van der Waals surface area contributed by atoms with Gasteiger partial charge in [-0.2, -0.15) is 4.72 Å². The molecule has 22 heavy (non-hydrogen) atoms. The van der Waals surface area contributed by atoms with Crippen molar-refractivity contribution < 1.29 is 17.9 Å². The van der Waals surface area contributed by atoms with Crippen LogP contribution in [-0.4, -0.2) is 33.2 Å². The van der Waals surface area contributed by atoms with Crippen LogP contribution in [0.3, 0.4) is 0 Å². The van der Waals surface area contributed by atoms with Crippen LogP contribution < -0.4 is 14.8 Å². The van der Waals surface area contributed by atoms with Crippen LogP contribution >= 0.6 is 0 Å². The number of ether oxygens (including phenoxy) is 1. The van der Waals surface area contributed by atoms with Crippen molar-refractivity contribution in [3.05, 3.63) is 24.3 Å². The highest BCUT2D eigenvalue weighted by Gasteiger charge is 2.41. The van der Waals surface area contributed by atoms with Crippen LogP contribution in [0.2, 0.25) is 0 Å². The second-order valence-electron chi connectivity index (χ2n) is 5.70. The summed E-state index contributed by atoms with van der Waals surface area (Å²) in [5.41, 5.74) is -0.433. The van der Waals surface area contributed by atoms with Crippen molar-refractivity contribution in [2.45, 2.75) is 37.6 Å². The first-order valence-electron chi connectivity index (χ1n) is 7.29. The van der Waals surface area contributed by atoms with Crippen LogP contribution in [0.25, 0.3) is 0 Å². The van der Waals surface area contributed by atoms with Gasteiger partial charge in [0.1, 0.15) is 11.3 Å². The van der Waals surface area contributed by atoms with E-state index in [9.17, 15) is 13.2 Å². The average molecular weight is 326 g/mol. The summed E-state index contributed by atoms with van der Waals surface area (Å²) in [4.78, 5) is 12.7. The Hall–Kier alpha value is -1.60. The maximum absolute atomic E-state index is 12.7. The van der Waals surface area contributed by atoms with E-state index >= 15 is 0 Å². The topological polar surface area (TPSA) is 84.5 Å². The zero-order chi connectivity index (χ0) is 16.2. The molecule has 0 radical (unpaired) electrons. The van der Waals surface area contributed by atoms with E-state index in [-0.39, 0.29) is 5.91 Å². The largest absolute Gasteiger partial charge is 0.497 e. The first kappa shape index (κ1) is 16.8. The molecule has 0 aliphatic heterocycles. The zero-order valence-corrected chi connectivity index (χ0v) is 13.7. The predicted molar refractivity (Wildman–Crippen MR) is 85.4 cm³/mol. The molecule has 0 spiro atoms. The standard InChI is InChI=1S/C15H22N2O4S/c1-21-13-8-6-12(7-9-13)16-14(18)15(17-22(2,19)20)10-4-3-5-11-15/h6-9,17H,3-5,10-11H2,1-2H3,(H,16,18).